The number of rotatable bonds is 4. The zero-order valence-electron chi connectivity index (χ0n) is 13.0. The van der Waals surface area contributed by atoms with Gasteiger partial charge in [0.1, 0.15) is 0 Å². The van der Waals surface area contributed by atoms with Crippen molar-refractivity contribution in [2.24, 2.45) is 0 Å². The van der Waals surface area contributed by atoms with E-state index in [1.54, 1.807) is 6.20 Å². The molecule has 0 amide bonds. The maximum absolute atomic E-state index is 9.46. The van der Waals surface area contributed by atoms with Gasteiger partial charge in [-0.1, -0.05) is 6.07 Å². The number of aromatic nitrogens is 2. The van der Waals surface area contributed by atoms with Gasteiger partial charge in [-0.05, 0) is 60.8 Å². The SMILES string of the molecule is Cc1[nH]c(C)c(C2C(c3ccccn3)NC(=S)N2CCO)c1I. The molecule has 3 heterocycles. The predicted molar refractivity (Wildman–Crippen MR) is 102 cm³/mol. The van der Waals surface area contributed by atoms with Crippen molar-refractivity contribution in [1.82, 2.24) is 20.2 Å². The molecule has 5 nitrogen and oxygen atoms in total. The number of nitrogens with one attached hydrogen (secondary N) is 2. The standard InChI is InChI=1S/C16H19IN4OS/c1-9-12(13(17)10(2)19-9)15-14(11-5-3-4-6-18-11)20-16(23)21(15)7-8-22/h3-6,14-15,19,22H,7-8H2,1-2H3,(H,20,23). The smallest absolute Gasteiger partial charge is 0.170 e. The second-order valence-electron chi connectivity index (χ2n) is 5.65. The van der Waals surface area contributed by atoms with Crippen molar-refractivity contribution >= 4 is 39.9 Å². The Morgan fingerprint density at radius 1 is 1.35 bits per heavy atom. The third kappa shape index (κ3) is 2.97. The molecule has 3 rings (SSSR count). The third-order valence-corrected chi connectivity index (χ3v) is 5.92. The van der Waals surface area contributed by atoms with Gasteiger partial charge >= 0.3 is 0 Å². The Morgan fingerprint density at radius 2 is 2.13 bits per heavy atom. The van der Waals surface area contributed by atoms with Crippen LogP contribution in [0.4, 0.5) is 0 Å². The van der Waals surface area contributed by atoms with E-state index in [9.17, 15) is 5.11 Å². The third-order valence-electron chi connectivity index (χ3n) is 4.18. The number of halogens is 1. The largest absolute Gasteiger partial charge is 0.395 e. The number of thiocarbonyl (C=S) groups is 1. The molecule has 2 atom stereocenters. The van der Waals surface area contributed by atoms with Crippen molar-refractivity contribution < 1.29 is 5.11 Å². The highest BCUT2D eigenvalue weighted by Gasteiger charge is 2.41. The lowest BCUT2D eigenvalue weighted by molar-refractivity contribution is 0.222. The van der Waals surface area contributed by atoms with Gasteiger partial charge in [0.2, 0.25) is 0 Å². The number of hydrogen-bond donors (Lipinski definition) is 3. The molecule has 0 aromatic carbocycles. The second-order valence-corrected chi connectivity index (χ2v) is 7.11. The summed E-state index contributed by atoms with van der Waals surface area (Å²) in [6.45, 7) is 4.72. The molecule has 0 bridgehead atoms. The molecule has 2 aromatic heterocycles. The normalized spacial score (nSPS) is 20.9. The van der Waals surface area contributed by atoms with Gasteiger partial charge in [0, 0.05) is 33.3 Å². The lowest BCUT2D eigenvalue weighted by Gasteiger charge is -2.27. The topological polar surface area (TPSA) is 64.2 Å². The van der Waals surface area contributed by atoms with Gasteiger partial charge < -0.3 is 20.3 Å². The maximum atomic E-state index is 9.46. The molecule has 2 aromatic rings. The van der Waals surface area contributed by atoms with Crippen molar-refractivity contribution in [3.63, 3.8) is 0 Å². The molecular weight excluding hydrogens is 423 g/mol. The van der Waals surface area contributed by atoms with Gasteiger partial charge in [0.25, 0.3) is 0 Å². The van der Waals surface area contributed by atoms with Crippen LogP contribution in [0.3, 0.4) is 0 Å². The lowest BCUT2D eigenvalue weighted by atomic mass is 9.97. The molecular formula is C16H19IN4OS. The first kappa shape index (κ1) is 16.7. The molecule has 1 aliphatic rings. The number of nitrogens with zero attached hydrogens (tertiary/aromatic N) is 2. The fourth-order valence-corrected chi connectivity index (χ4v) is 4.38. The minimum absolute atomic E-state index is 0.0152. The summed E-state index contributed by atoms with van der Waals surface area (Å²) in [7, 11) is 0. The summed E-state index contributed by atoms with van der Waals surface area (Å²) in [6, 6.07) is 5.89. The average Bonchev–Trinajstić information content (AvgIpc) is 2.98. The summed E-state index contributed by atoms with van der Waals surface area (Å²) < 4.78 is 1.21. The summed E-state index contributed by atoms with van der Waals surface area (Å²) >= 11 is 7.90. The Hall–Kier alpha value is -1.19. The summed E-state index contributed by atoms with van der Waals surface area (Å²) in [4.78, 5) is 9.98. The molecule has 3 N–H and O–H groups in total. The fourth-order valence-electron chi connectivity index (χ4n) is 3.19. The van der Waals surface area contributed by atoms with E-state index in [0.717, 1.165) is 17.1 Å². The van der Waals surface area contributed by atoms with Crippen molar-refractivity contribution in [2.45, 2.75) is 25.9 Å². The van der Waals surface area contributed by atoms with Crippen LogP contribution in [-0.2, 0) is 0 Å². The summed E-state index contributed by atoms with van der Waals surface area (Å²) in [6.07, 6.45) is 1.80. The average molecular weight is 442 g/mol. The first-order chi connectivity index (χ1) is 11.0. The Morgan fingerprint density at radius 3 is 2.70 bits per heavy atom. The van der Waals surface area contributed by atoms with Crippen molar-refractivity contribution in [3.8, 4) is 0 Å². The second kappa shape index (κ2) is 6.74. The van der Waals surface area contributed by atoms with Crippen LogP contribution in [0.5, 0.6) is 0 Å². The van der Waals surface area contributed by atoms with Crippen LogP contribution in [0.2, 0.25) is 0 Å². The van der Waals surface area contributed by atoms with E-state index in [1.807, 2.05) is 18.2 Å². The Bertz CT molecular complexity index is 718. The monoisotopic (exact) mass is 442 g/mol. The van der Waals surface area contributed by atoms with E-state index in [1.165, 1.54) is 9.13 Å². The number of pyridine rings is 1. The van der Waals surface area contributed by atoms with E-state index >= 15 is 0 Å². The molecule has 0 aliphatic carbocycles. The fraction of sp³-hybridized carbons (Fsp3) is 0.375. The van der Waals surface area contributed by atoms with E-state index in [0.29, 0.717) is 11.7 Å². The summed E-state index contributed by atoms with van der Waals surface area (Å²) in [5.41, 5.74) is 4.46. The van der Waals surface area contributed by atoms with Crippen LogP contribution in [0, 0.1) is 17.4 Å². The number of aryl methyl sites for hydroxylation is 2. The molecule has 0 saturated carbocycles. The van der Waals surface area contributed by atoms with E-state index in [4.69, 9.17) is 12.2 Å². The number of aliphatic hydroxyl groups is 1. The zero-order valence-corrected chi connectivity index (χ0v) is 16.0. The van der Waals surface area contributed by atoms with Crippen LogP contribution < -0.4 is 5.32 Å². The first-order valence-corrected chi connectivity index (χ1v) is 8.96. The van der Waals surface area contributed by atoms with Crippen molar-refractivity contribution in [2.75, 3.05) is 13.2 Å². The number of H-pyrrole nitrogens is 1. The Kier molecular flexibility index (Phi) is 4.88. The molecule has 1 aliphatic heterocycles. The molecule has 122 valence electrons. The molecule has 0 radical (unpaired) electrons. The first-order valence-electron chi connectivity index (χ1n) is 7.48. The minimum Gasteiger partial charge on any atom is -0.395 e. The van der Waals surface area contributed by atoms with Gasteiger partial charge in [-0.15, -0.1) is 0 Å². The number of hydrogen-bond acceptors (Lipinski definition) is 3. The predicted octanol–water partition coefficient (Wildman–Crippen LogP) is 2.60. The highest BCUT2D eigenvalue weighted by atomic mass is 127. The van der Waals surface area contributed by atoms with Crippen LogP contribution in [-0.4, -0.2) is 38.2 Å². The Labute approximate surface area is 154 Å². The van der Waals surface area contributed by atoms with Gasteiger partial charge in [0.05, 0.1) is 24.4 Å². The Balaban J connectivity index is 2.11. The minimum atomic E-state index is -0.0299. The van der Waals surface area contributed by atoms with Crippen LogP contribution in [0.15, 0.2) is 24.4 Å². The summed E-state index contributed by atoms with van der Waals surface area (Å²) in [5, 5.41) is 13.5. The quantitative estimate of drug-likeness (QED) is 0.502. The van der Waals surface area contributed by atoms with Gasteiger partial charge in [-0.2, -0.15) is 0 Å². The van der Waals surface area contributed by atoms with Crippen LogP contribution in [0.1, 0.15) is 34.7 Å². The highest BCUT2D eigenvalue weighted by molar-refractivity contribution is 14.1. The van der Waals surface area contributed by atoms with Gasteiger partial charge in [-0.25, -0.2) is 0 Å². The molecule has 0 spiro atoms. The number of aliphatic hydroxyl groups excluding tert-OH is 1. The molecule has 2 unspecified atom stereocenters. The molecule has 1 fully saturated rings. The number of β-amino-alcohol motifs (C(OH)–C–C–N with tert-alkyl or cyclic N) is 1. The molecule has 23 heavy (non-hydrogen) atoms. The van der Waals surface area contributed by atoms with E-state index in [-0.39, 0.29) is 18.7 Å². The van der Waals surface area contributed by atoms with Gasteiger partial charge in [-0.3, -0.25) is 4.98 Å². The van der Waals surface area contributed by atoms with E-state index < -0.39 is 0 Å². The molecule has 1 saturated heterocycles. The maximum Gasteiger partial charge on any atom is 0.170 e. The van der Waals surface area contributed by atoms with Crippen LogP contribution >= 0.6 is 34.8 Å². The van der Waals surface area contributed by atoms with Crippen molar-refractivity contribution in [1.29, 1.82) is 0 Å². The molecule has 7 heteroatoms. The highest BCUT2D eigenvalue weighted by Crippen LogP contribution is 2.42. The van der Waals surface area contributed by atoms with Crippen molar-refractivity contribution in [3.05, 3.63) is 50.6 Å². The zero-order chi connectivity index (χ0) is 16.6. The lowest BCUT2D eigenvalue weighted by Crippen LogP contribution is -2.32. The summed E-state index contributed by atoms with van der Waals surface area (Å²) in [5.74, 6) is 0. The van der Waals surface area contributed by atoms with Crippen LogP contribution in [0.25, 0.3) is 0 Å². The van der Waals surface area contributed by atoms with E-state index in [2.05, 4.69) is 56.6 Å². The number of aromatic amines is 1. The van der Waals surface area contributed by atoms with Gasteiger partial charge in [0.15, 0.2) is 5.11 Å².